The molecular weight excluding hydrogens is 1260 g/mol. The summed E-state index contributed by atoms with van der Waals surface area (Å²) in [5, 5.41) is 72.4. The van der Waals surface area contributed by atoms with Gasteiger partial charge in [0, 0.05) is 59.4 Å². The minimum Gasteiger partial charge on any atom is -0.507 e. The lowest BCUT2D eigenvalue weighted by Gasteiger charge is -2.42. The lowest BCUT2D eigenvalue weighted by molar-refractivity contribution is -0.249. The molecule has 6 amide bonds. The van der Waals surface area contributed by atoms with Crippen LogP contribution in [0.4, 0.5) is 31.4 Å². The highest BCUT2D eigenvalue weighted by atomic mass is 16.7. The first kappa shape index (κ1) is 71.0. The lowest BCUT2D eigenvalue weighted by atomic mass is 9.72. The highest BCUT2D eigenvalue weighted by Gasteiger charge is 2.50. The number of rotatable bonds is 26. The highest BCUT2D eigenvalue weighted by Crippen LogP contribution is 2.53. The number of amides is 6. The topological polar surface area (TPSA) is 434 Å². The first-order valence-corrected chi connectivity index (χ1v) is 31.2. The monoisotopic (exact) mass is 1340 g/mol. The average Bonchev–Trinajstić information content (AvgIpc) is 0.711. The van der Waals surface area contributed by atoms with E-state index in [1.54, 1.807) is 72.8 Å². The summed E-state index contributed by atoms with van der Waals surface area (Å²) >= 11 is 0. The molecule has 0 bridgehead atoms. The molecule has 3 aliphatic rings. The van der Waals surface area contributed by atoms with E-state index in [0.29, 0.717) is 53.1 Å². The third-order valence-corrected chi connectivity index (χ3v) is 16.7. The minimum absolute atomic E-state index is 0.0261. The number of unbranched alkanes of at least 4 members (excludes halogenated alkanes) is 1. The second-order valence-electron chi connectivity index (χ2n) is 23.7. The van der Waals surface area contributed by atoms with E-state index in [4.69, 9.17) is 39.9 Å². The number of alkyl carbamates (subject to hydrolysis) is 1. The minimum atomic E-state index is -2.41. The van der Waals surface area contributed by atoms with E-state index in [1.165, 1.54) is 39.2 Å². The number of hydrogen-bond donors (Lipinski definition) is 13. The van der Waals surface area contributed by atoms with Crippen molar-refractivity contribution in [3.63, 3.8) is 0 Å². The van der Waals surface area contributed by atoms with Gasteiger partial charge >= 0.3 is 18.3 Å². The maximum Gasteiger partial charge on any atom is 0.411 e. The van der Waals surface area contributed by atoms with Crippen molar-refractivity contribution < 1.29 is 97.1 Å². The van der Waals surface area contributed by atoms with Crippen molar-refractivity contribution in [3.05, 3.63) is 177 Å². The zero-order chi connectivity index (χ0) is 69.7. The van der Waals surface area contributed by atoms with Gasteiger partial charge in [-0.25, -0.2) is 14.4 Å². The van der Waals surface area contributed by atoms with Gasteiger partial charge in [0.2, 0.25) is 23.5 Å². The molecular formula is C69H76N8O20. The fraction of sp³-hybridized carbons (Fsp3) is 0.348. The number of aliphatic hydroxyl groups excluding tert-OH is 2. The number of carbonyl (C=O) groups excluding carboxylic acids is 9. The lowest BCUT2D eigenvalue weighted by Crippen LogP contribution is -2.56. The Morgan fingerprint density at radius 1 is 0.660 bits per heavy atom. The molecule has 0 spiro atoms. The van der Waals surface area contributed by atoms with Crippen LogP contribution >= 0.6 is 0 Å². The van der Waals surface area contributed by atoms with Crippen LogP contribution in [0.15, 0.2) is 121 Å². The summed E-state index contributed by atoms with van der Waals surface area (Å²) in [4.78, 5) is 120. The number of hydrogen-bond acceptors (Lipinski definition) is 22. The van der Waals surface area contributed by atoms with Crippen molar-refractivity contribution in [2.45, 2.75) is 133 Å². The van der Waals surface area contributed by atoms with Gasteiger partial charge in [-0.05, 0) is 104 Å². The second-order valence-corrected chi connectivity index (χ2v) is 23.7. The maximum atomic E-state index is 14.1. The molecule has 6 aromatic rings. The number of nitrogens with one attached hydrogen (secondary N) is 6. The number of aromatic hydroxyl groups is 2. The molecule has 28 heteroatoms. The summed E-state index contributed by atoms with van der Waals surface area (Å²) in [5.74, 6) is -5.88. The van der Waals surface area contributed by atoms with Crippen LogP contribution in [0.3, 0.4) is 0 Å². The first-order valence-electron chi connectivity index (χ1n) is 31.2. The first-order chi connectivity index (χ1) is 46.5. The molecule has 9 atom stereocenters. The molecule has 1 heterocycles. The summed E-state index contributed by atoms with van der Waals surface area (Å²) in [6.45, 7) is 1.75. The number of methoxy groups -OCH3 is 1. The Bertz CT molecular complexity index is 3890. The smallest absolute Gasteiger partial charge is 0.411 e. The number of anilines is 3. The number of fused-ring (bicyclic) bond motifs is 3. The van der Waals surface area contributed by atoms with E-state index in [2.05, 4.69) is 31.9 Å². The van der Waals surface area contributed by atoms with Gasteiger partial charge in [-0.2, -0.15) is 0 Å². The Kier molecular flexibility index (Phi) is 23.4. The van der Waals surface area contributed by atoms with Gasteiger partial charge in [-0.1, -0.05) is 78.9 Å². The van der Waals surface area contributed by atoms with Gasteiger partial charge in [-0.3, -0.25) is 39.4 Å². The van der Waals surface area contributed by atoms with Crippen molar-refractivity contribution in [2.24, 2.45) is 11.5 Å². The zero-order valence-corrected chi connectivity index (χ0v) is 53.2. The standard InChI is InChI=1S/C69H76N8O20/c1-36(71)63(85)76-49(28-38-10-5-4-6-11-38)65(87)75-47(13-7-8-27-70)64(86)72-42-21-15-39(16-22-42)33-93-66(88)73-43-23-17-40(18-24-43)34-94-67(89)74-44-25-19-41(20-26-44)35-95-68(90)77-48-29-53(96-37(2)58(48)80)97-51-31-69(91,52(79)32-78)30-46-55(51)62(84)57-56(60(46)82)59(81)45-12-9-14-50(92-3)54(45)61(57)83/h4-6,9-12,14-26,36-37,47-49,51,53,58,78,80,82,84,91H,7-8,13,27-35,70-71H2,1-3H3,(H,72,86)(H,73,88)(H,74,89)(H,75,87)(H,76,85)(H,77,90)/t36-,37+,47+,48+,49+,51+,53+,58-,69+/m1/s1. The van der Waals surface area contributed by atoms with Crippen LogP contribution in [-0.4, -0.2) is 147 Å². The molecule has 0 unspecified atom stereocenters. The summed E-state index contributed by atoms with van der Waals surface area (Å²) in [5.41, 5.74) is 10.8. The fourth-order valence-electron chi connectivity index (χ4n) is 11.5. The predicted molar refractivity (Wildman–Crippen MR) is 347 cm³/mol. The fourth-order valence-corrected chi connectivity index (χ4v) is 11.5. The number of phenolic OH excluding ortho intramolecular Hbond substituents is 2. The molecule has 6 aromatic carbocycles. The van der Waals surface area contributed by atoms with E-state index in [-0.39, 0.29) is 67.1 Å². The van der Waals surface area contributed by atoms with Crippen LogP contribution in [0.2, 0.25) is 0 Å². The number of aliphatic hydroxyl groups is 3. The molecule has 0 aromatic heterocycles. The van der Waals surface area contributed by atoms with Gasteiger partial charge in [0.1, 0.15) is 67.5 Å². The van der Waals surface area contributed by atoms with E-state index in [1.807, 2.05) is 30.3 Å². The zero-order valence-electron chi connectivity index (χ0n) is 53.2. The van der Waals surface area contributed by atoms with Crippen molar-refractivity contribution in [1.29, 1.82) is 0 Å². The Morgan fingerprint density at radius 3 is 1.77 bits per heavy atom. The van der Waals surface area contributed by atoms with Crippen LogP contribution in [0.5, 0.6) is 17.2 Å². The van der Waals surface area contributed by atoms with Crippen LogP contribution in [0, 0.1) is 0 Å². The average molecular weight is 1340 g/mol. The molecule has 512 valence electrons. The third kappa shape index (κ3) is 17.4. The van der Waals surface area contributed by atoms with Crippen molar-refractivity contribution in [2.75, 3.05) is 36.2 Å². The summed E-state index contributed by atoms with van der Waals surface area (Å²) in [6.07, 6.45) is -7.71. The molecule has 0 radical (unpaired) electrons. The third-order valence-electron chi connectivity index (χ3n) is 16.7. The van der Waals surface area contributed by atoms with Crippen LogP contribution in [0.1, 0.15) is 117 Å². The maximum absolute atomic E-state index is 14.1. The number of ketones is 3. The summed E-state index contributed by atoms with van der Waals surface area (Å²) in [6, 6.07) is 28.7. The van der Waals surface area contributed by atoms with E-state index >= 15 is 0 Å². The number of phenols is 2. The summed E-state index contributed by atoms with van der Waals surface area (Å²) in [7, 11) is 1.29. The number of benzene rings is 6. The molecule has 97 heavy (non-hydrogen) atoms. The Morgan fingerprint density at radius 2 is 1.22 bits per heavy atom. The summed E-state index contributed by atoms with van der Waals surface area (Å²) < 4.78 is 33.8. The molecule has 9 rings (SSSR count). The van der Waals surface area contributed by atoms with E-state index in [0.717, 1.165) is 5.56 Å². The molecule has 1 fully saturated rings. The van der Waals surface area contributed by atoms with E-state index < -0.39 is 150 Å². The van der Waals surface area contributed by atoms with Gasteiger partial charge in [0.25, 0.3) is 0 Å². The predicted octanol–water partition coefficient (Wildman–Crippen LogP) is 5.09. The highest BCUT2D eigenvalue weighted by molar-refractivity contribution is 6.31. The second kappa shape index (κ2) is 31.9. The largest absolute Gasteiger partial charge is 0.507 e. The molecule has 2 aliphatic carbocycles. The van der Waals surface area contributed by atoms with Gasteiger partial charge < -0.3 is 86.7 Å². The molecule has 0 saturated carbocycles. The van der Waals surface area contributed by atoms with Gasteiger partial charge in [-0.15, -0.1) is 0 Å². The number of Topliss-reactive ketones (excluding diaryl/α,β-unsaturated/α-hetero) is 1. The number of ether oxygens (including phenoxy) is 6. The number of nitrogens with two attached hydrogens (primary N) is 2. The Hall–Kier alpha value is -10.3. The van der Waals surface area contributed by atoms with Crippen LogP contribution < -0.4 is 48.1 Å². The van der Waals surface area contributed by atoms with Gasteiger partial charge in [0.15, 0.2) is 17.9 Å². The Balaban J connectivity index is 0.708. The Labute approximate surface area is 556 Å². The van der Waals surface area contributed by atoms with Crippen molar-refractivity contribution in [1.82, 2.24) is 16.0 Å². The number of carbonyl (C=O) groups is 9. The quantitative estimate of drug-likeness (QED) is 0.0191. The van der Waals surface area contributed by atoms with Crippen molar-refractivity contribution in [3.8, 4) is 17.2 Å². The van der Waals surface area contributed by atoms with E-state index in [9.17, 15) is 68.7 Å². The van der Waals surface area contributed by atoms with Crippen molar-refractivity contribution >= 4 is 70.4 Å². The molecule has 15 N–H and O–H groups in total. The normalized spacial score (nSPS) is 19.4. The van der Waals surface area contributed by atoms with Crippen LogP contribution in [-0.2, 0) is 75.5 Å². The molecule has 1 saturated heterocycles. The SMILES string of the molecule is COc1cccc2c1C(=O)c1c(O)c3c(c(O)c1C2=O)C[C@@](O)(C(=O)CO)C[C@@H]3O[C@H]1C[C@H](NC(=O)OCc2ccc(NC(=O)OCc3ccc(NC(=O)OCc4ccc(NC(=O)[C@H](CCCCN)NC(=O)[C@H](Cc5ccccc5)NC(=O)[C@@H](C)N)cc4)cc3)cc2)[C@H](O)[C@H](C)O1. The molecule has 1 aliphatic heterocycles. The van der Waals surface area contributed by atoms with Gasteiger partial charge in [0.05, 0.1) is 48.1 Å². The van der Waals surface area contributed by atoms with Crippen LogP contribution in [0.25, 0.3) is 0 Å². The molecule has 28 nitrogen and oxygen atoms in total.